The van der Waals surface area contributed by atoms with Crippen LogP contribution in [-0.2, 0) is 5.33 Å². The van der Waals surface area contributed by atoms with Crippen LogP contribution in [0, 0.1) is 0 Å². The third-order valence-electron chi connectivity index (χ3n) is 1.75. The van der Waals surface area contributed by atoms with Gasteiger partial charge >= 0.3 is 0 Å². The molecule has 0 fully saturated rings. The monoisotopic (exact) mass is 246 g/mol. The number of halogens is 1. The molecular formula is C9H11BrO3. The van der Waals surface area contributed by atoms with Crippen molar-refractivity contribution in [2.75, 3.05) is 14.2 Å². The van der Waals surface area contributed by atoms with Gasteiger partial charge in [-0.3, -0.25) is 0 Å². The molecule has 0 saturated heterocycles. The quantitative estimate of drug-likeness (QED) is 0.833. The fourth-order valence-corrected chi connectivity index (χ4v) is 1.67. The maximum Gasteiger partial charge on any atom is 0.168 e. The predicted octanol–water partition coefficient (Wildman–Crippen LogP) is 2.30. The van der Waals surface area contributed by atoms with E-state index in [1.165, 1.54) is 7.11 Å². The molecular weight excluding hydrogens is 236 g/mol. The van der Waals surface area contributed by atoms with E-state index in [1.54, 1.807) is 19.2 Å². The van der Waals surface area contributed by atoms with Gasteiger partial charge in [0.2, 0.25) is 0 Å². The fourth-order valence-electron chi connectivity index (χ4n) is 1.14. The van der Waals surface area contributed by atoms with E-state index in [1.807, 2.05) is 0 Å². The Labute approximate surface area is 85.4 Å². The highest BCUT2D eigenvalue weighted by Crippen LogP contribution is 2.37. The Bertz CT molecular complexity index is 299. The second-order valence-corrected chi connectivity index (χ2v) is 2.99. The van der Waals surface area contributed by atoms with Crippen molar-refractivity contribution in [1.29, 1.82) is 0 Å². The molecule has 0 aromatic heterocycles. The molecule has 0 aliphatic rings. The first-order valence-corrected chi connectivity index (χ1v) is 4.85. The van der Waals surface area contributed by atoms with Crippen LogP contribution in [0.1, 0.15) is 5.56 Å². The van der Waals surface area contributed by atoms with Gasteiger partial charge in [0.25, 0.3) is 0 Å². The number of benzene rings is 1. The molecule has 1 aromatic carbocycles. The average molecular weight is 247 g/mol. The number of rotatable bonds is 3. The number of alkyl halides is 1. The average Bonchev–Trinajstić information content (AvgIpc) is 2.17. The van der Waals surface area contributed by atoms with E-state index in [-0.39, 0.29) is 5.75 Å². The first kappa shape index (κ1) is 10.2. The molecule has 1 N–H and O–H groups in total. The molecule has 0 amide bonds. The zero-order chi connectivity index (χ0) is 9.84. The van der Waals surface area contributed by atoms with E-state index in [4.69, 9.17) is 9.47 Å². The topological polar surface area (TPSA) is 38.7 Å². The van der Waals surface area contributed by atoms with Crippen LogP contribution in [0.2, 0.25) is 0 Å². The first-order chi connectivity index (χ1) is 6.24. The largest absolute Gasteiger partial charge is 0.504 e. The summed E-state index contributed by atoms with van der Waals surface area (Å²) in [6, 6.07) is 3.25. The molecule has 0 unspecified atom stereocenters. The summed E-state index contributed by atoms with van der Waals surface area (Å²) < 4.78 is 10.2. The van der Waals surface area contributed by atoms with Crippen LogP contribution in [0.4, 0.5) is 0 Å². The lowest BCUT2D eigenvalue weighted by molar-refractivity contribution is 0.359. The number of phenolic OH excluding ortho intramolecular Hbond substituents is 1. The SMILES string of the molecule is COc1ccc(O)c(OC)c1CBr. The molecule has 4 heteroatoms. The number of hydrogen-bond donors (Lipinski definition) is 1. The molecule has 0 aliphatic carbocycles. The Morgan fingerprint density at radius 3 is 2.46 bits per heavy atom. The molecule has 1 rings (SSSR count). The summed E-state index contributed by atoms with van der Waals surface area (Å²) in [4.78, 5) is 0. The molecule has 0 radical (unpaired) electrons. The maximum atomic E-state index is 9.44. The molecule has 13 heavy (non-hydrogen) atoms. The molecule has 0 saturated carbocycles. The van der Waals surface area contributed by atoms with Crippen molar-refractivity contribution in [3.05, 3.63) is 17.7 Å². The van der Waals surface area contributed by atoms with Crippen LogP contribution < -0.4 is 9.47 Å². The first-order valence-electron chi connectivity index (χ1n) is 3.73. The van der Waals surface area contributed by atoms with E-state index in [2.05, 4.69) is 15.9 Å². The molecule has 3 nitrogen and oxygen atoms in total. The minimum atomic E-state index is 0.123. The van der Waals surface area contributed by atoms with E-state index < -0.39 is 0 Å². The van der Waals surface area contributed by atoms with E-state index >= 15 is 0 Å². The van der Waals surface area contributed by atoms with Crippen molar-refractivity contribution < 1.29 is 14.6 Å². The Morgan fingerprint density at radius 2 is 2.00 bits per heavy atom. The summed E-state index contributed by atoms with van der Waals surface area (Å²) in [5, 5.41) is 10.0. The standard InChI is InChI=1S/C9H11BrO3/c1-12-8-4-3-7(11)9(13-2)6(8)5-10/h3-4,11H,5H2,1-2H3. The second kappa shape index (κ2) is 4.37. The van der Waals surface area contributed by atoms with Gasteiger partial charge in [-0.05, 0) is 12.1 Å². The Hall–Kier alpha value is -0.900. The van der Waals surface area contributed by atoms with Crippen molar-refractivity contribution in [3.8, 4) is 17.2 Å². The smallest absolute Gasteiger partial charge is 0.168 e. The van der Waals surface area contributed by atoms with Crippen LogP contribution in [-0.4, -0.2) is 19.3 Å². The summed E-state index contributed by atoms with van der Waals surface area (Å²) >= 11 is 3.30. The Kier molecular flexibility index (Phi) is 3.42. The number of methoxy groups -OCH3 is 2. The lowest BCUT2D eigenvalue weighted by Crippen LogP contribution is -1.94. The van der Waals surface area contributed by atoms with Crippen LogP contribution in [0.3, 0.4) is 0 Å². The van der Waals surface area contributed by atoms with Crippen molar-refractivity contribution in [2.45, 2.75) is 5.33 Å². The van der Waals surface area contributed by atoms with Gasteiger partial charge in [0.1, 0.15) is 5.75 Å². The molecule has 72 valence electrons. The van der Waals surface area contributed by atoms with Gasteiger partial charge in [0.05, 0.1) is 19.8 Å². The van der Waals surface area contributed by atoms with Gasteiger partial charge in [-0.2, -0.15) is 0 Å². The number of aromatic hydroxyl groups is 1. The maximum absolute atomic E-state index is 9.44. The van der Waals surface area contributed by atoms with Crippen molar-refractivity contribution >= 4 is 15.9 Å². The third kappa shape index (κ3) is 1.88. The predicted molar refractivity (Wildman–Crippen MR) is 53.8 cm³/mol. The number of hydrogen-bond acceptors (Lipinski definition) is 3. The summed E-state index contributed by atoms with van der Waals surface area (Å²) in [5.41, 5.74) is 0.810. The highest BCUT2D eigenvalue weighted by molar-refractivity contribution is 9.08. The second-order valence-electron chi connectivity index (χ2n) is 2.43. The van der Waals surface area contributed by atoms with Crippen LogP contribution in [0.5, 0.6) is 17.2 Å². The number of phenols is 1. The van der Waals surface area contributed by atoms with Gasteiger partial charge < -0.3 is 14.6 Å². The molecule has 0 aliphatic heterocycles. The van der Waals surface area contributed by atoms with E-state index in [0.717, 1.165) is 5.56 Å². The highest BCUT2D eigenvalue weighted by Gasteiger charge is 2.12. The lowest BCUT2D eigenvalue weighted by Gasteiger charge is -2.11. The van der Waals surface area contributed by atoms with Gasteiger partial charge in [0, 0.05) is 5.33 Å². The van der Waals surface area contributed by atoms with Crippen molar-refractivity contribution in [3.63, 3.8) is 0 Å². The van der Waals surface area contributed by atoms with Gasteiger partial charge in [-0.1, -0.05) is 15.9 Å². The highest BCUT2D eigenvalue weighted by atomic mass is 79.9. The Morgan fingerprint density at radius 1 is 1.31 bits per heavy atom. The minimum absolute atomic E-state index is 0.123. The van der Waals surface area contributed by atoms with Gasteiger partial charge in [0.15, 0.2) is 11.5 Å². The molecule has 0 atom stereocenters. The Balaban J connectivity index is 3.27. The molecule has 0 bridgehead atoms. The molecule has 0 spiro atoms. The van der Waals surface area contributed by atoms with E-state index in [0.29, 0.717) is 16.8 Å². The normalized spacial score (nSPS) is 9.77. The van der Waals surface area contributed by atoms with Crippen molar-refractivity contribution in [2.24, 2.45) is 0 Å². The minimum Gasteiger partial charge on any atom is -0.504 e. The van der Waals surface area contributed by atoms with Gasteiger partial charge in [-0.25, -0.2) is 0 Å². The van der Waals surface area contributed by atoms with Crippen LogP contribution >= 0.6 is 15.9 Å². The lowest BCUT2D eigenvalue weighted by atomic mass is 10.2. The summed E-state index contributed by atoms with van der Waals surface area (Å²) in [6.45, 7) is 0. The zero-order valence-corrected chi connectivity index (χ0v) is 9.09. The molecule has 1 aromatic rings. The summed E-state index contributed by atoms with van der Waals surface area (Å²) in [5.74, 6) is 1.28. The summed E-state index contributed by atoms with van der Waals surface area (Å²) in [6.07, 6.45) is 0. The van der Waals surface area contributed by atoms with Gasteiger partial charge in [-0.15, -0.1) is 0 Å². The van der Waals surface area contributed by atoms with Crippen molar-refractivity contribution in [1.82, 2.24) is 0 Å². The van der Waals surface area contributed by atoms with E-state index in [9.17, 15) is 5.11 Å². The summed E-state index contributed by atoms with van der Waals surface area (Å²) in [7, 11) is 3.10. The number of ether oxygens (including phenoxy) is 2. The van der Waals surface area contributed by atoms with Crippen LogP contribution in [0.15, 0.2) is 12.1 Å². The zero-order valence-electron chi connectivity index (χ0n) is 7.50. The van der Waals surface area contributed by atoms with Crippen LogP contribution in [0.25, 0.3) is 0 Å². The fraction of sp³-hybridized carbons (Fsp3) is 0.333. The molecule has 0 heterocycles. The third-order valence-corrected chi connectivity index (χ3v) is 2.32.